The Morgan fingerprint density at radius 1 is 1.03 bits per heavy atom. The van der Waals surface area contributed by atoms with Gasteiger partial charge in [0.05, 0.1) is 28.9 Å². The zero-order chi connectivity index (χ0) is 21.9. The highest BCUT2D eigenvalue weighted by molar-refractivity contribution is 9.10. The topological polar surface area (TPSA) is 58.2 Å². The Labute approximate surface area is 187 Å². The van der Waals surface area contributed by atoms with Gasteiger partial charge < -0.3 is 9.30 Å². The number of aromatic nitrogens is 3. The molecule has 0 unspecified atom stereocenters. The van der Waals surface area contributed by atoms with Crippen LogP contribution in [0.15, 0.2) is 62.6 Å². The minimum atomic E-state index is -0.374. The van der Waals surface area contributed by atoms with Crippen LogP contribution in [0.2, 0.25) is 0 Å². The highest BCUT2D eigenvalue weighted by atomic mass is 79.9. The Morgan fingerprint density at radius 2 is 1.77 bits per heavy atom. The molecule has 0 N–H and O–H groups in total. The molecule has 0 saturated carbocycles. The lowest BCUT2D eigenvalue weighted by Crippen LogP contribution is -2.37. The monoisotopic (exact) mass is 479 g/mol. The first-order chi connectivity index (χ1) is 14.9. The van der Waals surface area contributed by atoms with Gasteiger partial charge in [-0.25, -0.2) is 4.79 Å². The molecule has 0 spiro atoms. The summed E-state index contributed by atoms with van der Waals surface area (Å²) in [5, 5.41) is 0.554. The summed E-state index contributed by atoms with van der Waals surface area (Å²) in [7, 11) is 3.25. The third kappa shape index (κ3) is 3.03. The predicted octanol–water partition coefficient (Wildman–Crippen LogP) is 3.90. The van der Waals surface area contributed by atoms with Crippen LogP contribution in [0.25, 0.3) is 22.2 Å². The first kappa shape index (κ1) is 20.0. The Hall–Kier alpha value is -2.90. The lowest BCUT2D eigenvalue weighted by Gasteiger charge is -2.27. The number of halogens is 1. The molecule has 31 heavy (non-hydrogen) atoms. The third-order valence-corrected chi connectivity index (χ3v) is 6.55. The second kappa shape index (κ2) is 7.35. The van der Waals surface area contributed by atoms with Crippen LogP contribution in [0.5, 0.6) is 0 Å². The minimum Gasteiger partial charge on any atom is -0.365 e. The van der Waals surface area contributed by atoms with Gasteiger partial charge in [0, 0.05) is 25.1 Å². The molecule has 2 aromatic heterocycles. The van der Waals surface area contributed by atoms with Gasteiger partial charge in [0.25, 0.3) is 5.56 Å². The van der Waals surface area contributed by atoms with Crippen LogP contribution >= 0.6 is 15.9 Å². The van der Waals surface area contributed by atoms with E-state index in [1.807, 2.05) is 49.4 Å². The van der Waals surface area contributed by atoms with Crippen molar-refractivity contribution >= 4 is 26.8 Å². The van der Waals surface area contributed by atoms with E-state index in [1.54, 1.807) is 11.6 Å². The van der Waals surface area contributed by atoms with Crippen molar-refractivity contribution in [3.63, 3.8) is 0 Å². The van der Waals surface area contributed by atoms with Crippen LogP contribution in [0, 0.1) is 6.92 Å². The van der Waals surface area contributed by atoms with Crippen LogP contribution in [0.3, 0.4) is 0 Å². The molecule has 0 radical (unpaired) electrons. The fraction of sp³-hybridized carbons (Fsp3) is 0.250. The molecular weight excluding hydrogens is 458 g/mol. The molecule has 1 atom stereocenters. The number of nitrogens with zero attached hydrogens (tertiary/aromatic N) is 3. The number of hydrogen-bond acceptors (Lipinski definition) is 3. The van der Waals surface area contributed by atoms with Gasteiger partial charge in [0.2, 0.25) is 0 Å². The number of ether oxygens (including phenoxy) is 1. The van der Waals surface area contributed by atoms with Crippen molar-refractivity contribution in [3.05, 3.63) is 90.7 Å². The summed E-state index contributed by atoms with van der Waals surface area (Å²) in [4.78, 5) is 26.2. The maximum absolute atomic E-state index is 13.4. The van der Waals surface area contributed by atoms with E-state index in [0.29, 0.717) is 24.1 Å². The molecule has 0 fully saturated rings. The molecule has 2 aromatic carbocycles. The largest absolute Gasteiger partial charge is 0.365 e. The van der Waals surface area contributed by atoms with Crippen LogP contribution < -0.4 is 11.2 Å². The quantitative estimate of drug-likeness (QED) is 0.438. The van der Waals surface area contributed by atoms with Gasteiger partial charge in [-0.2, -0.15) is 0 Å². The van der Waals surface area contributed by atoms with Crippen molar-refractivity contribution < 1.29 is 4.74 Å². The first-order valence-corrected chi connectivity index (χ1v) is 10.9. The van der Waals surface area contributed by atoms with E-state index in [4.69, 9.17) is 4.74 Å². The fourth-order valence-corrected chi connectivity index (χ4v) is 4.83. The van der Waals surface area contributed by atoms with E-state index in [0.717, 1.165) is 32.6 Å². The van der Waals surface area contributed by atoms with Gasteiger partial charge in [-0.05, 0) is 36.2 Å². The zero-order valence-corrected chi connectivity index (χ0v) is 19.1. The molecule has 1 aliphatic rings. The lowest BCUT2D eigenvalue weighted by molar-refractivity contribution is 0.0478. The Kier molecular flexibility index (Phi) is 4.75. The Balaban J connectivity index is 1.94. The first-order valence-electron chi connectivity index (χ1n) is 10.1. The summed E-state index contributed by atoms with van der Waals surface area (Å²) in [5.74, 6) is 0. The predicted molar refractivity (Wildman–Crippen MR) is 125 cm³/mol. The van der Waals surface area contributed by atoms with Gasteiger partial charge >= 0.3 is 5.69 Å². The van der Waals surface area contributed by atoms with E-state index < -0.39 is 0 Å². The Morgan fingerprint density at radius 3 is 2.48 bits per heavy atom. The van der Waals surface area contributed by atoms with Crippen molar-refractivity contribution in [2.45, 2.75) is 19.6 Å². The summed E-state index contributed by atoms with van der Waals surface area (Å²) < 4.78 is 12.1. The molecule has 0 amide bonds. The maximum atomic E-state index is 13.4. The van der Waals surface area contributed by atoms with Crippen molar-refractivity contribution in [2.24, 2.45) is 14.1 Å². The van der Waals surface area contributed by atoms with E-state index in [2.05, 4.69) is 26.6 Å². The second-order valence-electron chi connectivity index (χ2n) is 7.99. The van der Waals surface area contributed by atoms with E-state index in [-0.39, 0.29) is 17.4 Å². The average Bonchev–Trinajstić information content (AvgIpc) is 3.12. The van der Waals surface area contributed by atoms with Gasteiger partial charge in [-0.15, -0.1) is 0 Å². The van der Waals surface area contributed by atoms with Gasteiger partial charge in [0.15, 0.2) is 0 Å². The van der Waals surface area contributed by atoms with E-state index in [1.165, 1.54) is 11.6 Å². The number of rotatable bonds is 2. The smallest absolute Gasteiger partial charge is 0.331 e. The van der Waals surface area contributed by atoms with Gasteiger partial charge in [-0.3, -0.25) is 13.9 Å². The number of hydrogen-bond donors (Lipinski definition) is 0. The summed E-state index contributed by atoms with van der Waals surface area (Å²) in [6, 6.07) is 16.1. The maximum Gasteiger partial charge on any atom is 0.331 e. The van der Waals surface area contributed by atoms with Crippen LogP contribution in [-0.4, -0.2) is 20.3 Å². The number of fused-ring (bicyclic) bond motifs is 3. The number of benzene rings is 2. The standard InChI is InChI=1S/C24H22BrN3O3/c1-14-5-4-6-16(13-14)19-18-20(26(2)24(30)27(3)23(18)29)21-22(31-12-11-28(19)21)15-7-9-17(25)10-8-15/h4-10,13,22H,11-12H2,1-3H3/t22-/m1/s1. The van der Waals surface area contributed by atoms with Crippen molar-refractivity contribution in [1.82, 2.24) is 13.7 Å². The highest BCUT2D eigenvalue weighted by Crippen LogP contribution is 2.40. The summed E-state index contributed by atoms with van der Waals surface area (Å²) in [5.41, 5.74) is 4.74. The molecule has 3 heterocycles. The van der Waals surface area contributed by atoms with Crippen LogP contribution in [0.4, 0.5) is 0 Å². The molecule has 6 nitrogen and oxygen atoms in total. The van der Waals surface area contributed by atoms with E-state index in [9.17, 15) is 9.59 Å². The summed E-state index contributed by atoms with van der Waals surface area (Å²) in [6.45, 7) is 3.16. The summed E-state index contributed by atoms with van der Waals surface area (Å²) >= 11 is 3.49. The van der Waals surface area contributed by atoms with Gasteiger partial charge in [-0.1, -0.05) is 51.8 Å². The van der Waals surface area contributed by atoms with Crippen LogP contribution in [-0.2, 0) is 25.4 Å². The van der Waals surface area contributed by atoms with Crippen molar-refractivity contribution in [3.8, 4) is 11.3 Å². The van der Waals surface area contributed by atoms with Gasteiger partial charge in [0.1, 0.15) is 6.10 Å². The molecule has 1 aliphatic heterocycles. The van der Waals surface area contributed by atoms with E-state index >= 15 is 0 Å². The molecule has 0 saturated heterocycles. The molecule has 0 aliphatic carbocycles. The van der Waals surface area contributed by atoms with Crippen LogP contribution in [0.1, 0.15) is 22.9 Å². The SMILES string of the molecule is Cc1cccc(-c2c3c(=O)n(C)c(=O)n(C)c3c3n2CCO[C@@H]3c2ccc(Br)cc2)c1. The minimum absolute atomic E-state index is 0.286. The molecule has 7 heteroatoms. The Bertz CT molecular complexity index is 1440. The molecule has 5 rings (SSSR count). The average molecular weight is 480 g/mol. The lowest BCUT2D eigenvalue weighted by atomic mass is 10.0. The third-order valence-electron chi connectivity index (χ3n) is 6.02. The van der Waals surface area contributed by atoms with Crippen molar-refractivity contribution in [1.29, 1.82) is 0 Å². The number of aryl methyl sites for hydroxylation is 2. The molecule has 0 bridgehead atoms. The molecular formula is C24H22BrN3O3. The summed E-state index contributed by atoms with van der Waals surface area (Å²) in [6.07, 6.45) is -0.374. The normalized spacial score (nSPS) is 15.9. The zero-order valence-electron chi connectivity index (χ0n) is 17.6. The molecule has 4 aromatic rings. The molecule has 158 valence electrons. The second-order valence-corrected chi connectivity index (χ2v) is 8.90. The highest BCUT2D eigenvalue weighted by Gasteiger charge is 2.33. The van der Waals surface area contributed by atoms with Crippen molar-refractivity contribution in [2.75, 3.05) is 6.61 Å². The fourth-order valence-electron chi connectivity index (χ4n) is 4.56.